The first-order chi connectivity index (χ1) is 16.3. The number of pyridine rings is 1. The summed E-state index contributed by atoms with van der Waals surface area (Å²) in [6.07, 6.45) is -1.80. The van der Waals surface area contributed by atoms with Crippen LogP contribution in [0.25, 0.3) is 0 Å². The summed E-state index contributed by atoms with van der Waals surface area (Å²) in [6, 6.07) is 13.2. The maximum absolute atomic E-state index is 12.9. The molecule has 0 saturated carbocycles. The van der Waals surface area contributed by atoms with Gasteiger partial charge in [-0.15, -0.1) is 11.3 Å². The molecule has 4 nitrogen and oxygen atoms in total. The molecule has 180 valence electrons. The summed E-state index contributed by atoms with van der Waals surface area (Å²) in [5.41, 5.74) is 2.62. The molecule has 1 aliphatic heterocycles. The Morgan fingerprint density at radius 1 is 1.12 bits per heavy atom. The van der Waals surface area contributed by atoms with Crippen LogP contribution in [0, 0.1) is 6.92 Å². The number of rotatable bonds is 7. The van der Waals surface area contributed by atoms with Crippen LogP contribution in [-0.4, -0.2) is 35.4 Å². The molecule has 1 aliphatic rings. The van der Waals surface area contributed by atoms with E-state index in [9.17, 15) is 18.0 Å². The molecular formula is C26H28F3N3OS. The van der Waals surface area contributed by atoms with Crippen LogP contribution < -0.4 is 5.32 Å². The second-order valence-electron chi connectivity index (χ2n) is 8.72. The van der Waals surface area contributed by atoms with Gasteiger partial charge in [-0.3, -0.25) is 14.7 Å². The third-order valence-electron chi connectivity index (χ3n) is 6.21. The number of carbonyl (C=O) groups is 1. The Labute approximate surface area is 201 Å². The van der Waals surface area contributed by atoms with Crippen LogP contribution in [0.4, 0.5) is 13.2 Å². The molecule has 1 fully saturated rings. The first kappa shape index (κ1) is 24.4. The molecule has 2 aromatic heterocycles. The van der Waals surface area contributed by atoms with E-state index in [2.05, 4.69) is 16.3 Å². The highest BCUT2D eigenvalue weighted by atomic mass is 32.1. The summed E-state index contributed by atoms with van der Waals surface area (Å²) < 4.78 is 38.4. The van der Waals surface area contributed by atoms with Crippen molar-refractivity contribution >= 4 is 17.2 Å². The predicted octanol–water partition coefficient (Wildman–Crippen LogP) is 5.82. The SMILES string of the molecule is Cc1ccc(C(=O)NCCc2cccs2)c(C2CCN(Cc3ccc(C(F)(F)F)cc3)CC2)n1. The monoisotopic (exact) mass is 487 g/mol. The van der Waals surface area contributed by atoms with Gasteiger partial charge in [0.05, 0.1) is 16.8 Å². The van der Waals surface area contributed by atoms with Crippen LogP contribution in [0.3, 0.4) is 0 Å². The molecular weight excluding hydrogens is 459 g/mol. The zero-order valence-electron chi connectivity index (χ0n) is 19.1. The van der Waals surface area contributed by atoms with E-state index in [4.69, 9.17) is 4.98 Å². The molecule has 8 heteroatoms. The molecule has 0 unspecified atom stereocenters. The van der Waals surface area contributed by atoms with E-state index >= 15 is 0 Å². The Balaban J connectivity index is 1.35. The van der Waals surface area contributed by atoms with Gasteiger partial charge in [0.15, 0.2) is 0 Å². The third-order valence-corrected chi connectivity index (χ3v) is 7.14. The third kappa shape index (κ3) is 6.24. The fraction of sp³-hybridized carbons (Fsp3) is 0.385. The van der Waals surface area contributed by atoms with Crippen molar-refractivity contribution in [2.24, 2.45) is 0 Å². The average molecular weight is 488 g/mol. The number of piperidine rings is 1. The zero-order chi connectivity index (χ0) is 24.1. The van der Waals surface area contributed by atoms with Crippen molar-refractivity contribution in [2.75, 3.05) is 19.6 Å². The van der Waals surface area contributed by atoms with E-state index in [0.717, 1.165) is 61.4 Å². The minimum absolute atomic E-state index is 0.0914. The lowest BCUT2D eigenvalue weighted by atomic mass is 9.89. The number of halogens is 3. The van der Waals surface area contributed by atoms with E-state index in [0.29, 0.717) is 18.7 Å². The number of benzene rings is 1. The Kier molecular flexibility index (Phi) is 7.68. The van der Waals surface area contributed by atoms with Crippen LogP contribution in [0.1, 0.15) is 56.5 Å². The lowest BCUT2D eigenvalue weighted by Gasteiger charge is -2.32. The van der Waals surface area contributed by atoms with E-state index in [1.54, 1.807) is 23.5 Å². The number of likely N-dealkylation sites (tertiary alicyclic amines) is 1. The molecule has 1 saturated heterocycles. The van der Waals surface area contributed by atoms with Gasteiger partial charge >= 0.3 is 6.18 Å². The van der Waals surface area contributed by atoms with Crippen molar-refractivity contribution in [2.45, 2.75) is 44.8 Å². The van der Waals surface area contributed by atoms with Crippen LogP contribution in [0.15, 0.2) is 53.9 Å². The highest BCUT2D eigenvalue weighted by Crippen LogP contribution is 2.31. The molecule has 1 aromatic carbocycles. The number of nitrogens with zero attached hydrogens (tertiary/aromatic N) is 2. The minimum atomic E-state index is -4.31. The minimum Gasteiger partial charge on any atom is -0.352 e. The highest BCUT2D eigenvalue weighted by Gasteiger charge is 2.30. The summed E-state index contributed by atoms with van der Waals surface area (Å²) >= 11 is 1.68. The zero-order valence-corrected chi connectivity index (χ0v) is 19.9. The van der Waals surface area contributed by atoms with Crippen LogP contribution >= 0.6 is 11.3 Å². The molecule has 0 spiro atoms. The first-order valence-electron chi connectivity index (χ1n) is 11.5. The van der Waals surface area contributed by atoms with Crippen molar-refractivity contribution in [3.8, 4) is 0 Å². The Morgan fingerprint density at radius 2 is 1.85 bits per heavy atom. The van der Waals surface area contributed by atoms with E-state index in [-0.39, 0.29) is 11.8 Å². The van der Waals surface area contributed by atoms with E-state index < -0.39 is 11.7 Å². The van der Waals surface area contributed by atoms with Crippen LogP contribution in [0.2, 0.25) is 0 Å². The van der Waals surface area contributed by atoms with Crippen molar-refractivity contribution in [3.05, 3.63) is 86.9 Å². The summed E-state index contributed by atoms with van der Waals surface area (Å²) in [7, 11) is 0. The van der Waals surface area contributed by atoms with Gasteiger partial charge in [-0.05, 0) is 80.6 Å². The van der Waals surface area contributed by atoms with Gasteiger partial charge in [-0.1, -0.05) is 18.2 Å². The second-order valence-corrected chi connectivity index (χ2v) is 9.75. The fourth-order valence-corrected chi connectivity index (χ4v) is 5.06. The second kappa shape index (κ2) is 10.7. The molecule has 0 radical (unpaired) electrons. The average Bonchev–Trinajstić information content (AvgIpc) is 3.33. The van der Waals surface area contributed by atoms with Gasteiger partial charge in [0.2, 0.25) is 0 Å². The largest absolute Gasteiger partial charge is 0.416 e. The fourth-order valence-electron chi connectivity index (χ4n) is 4.35. The molecule has 34 heavy (non-hydrogen) atoms. The number of aryl methyl sites for hydroxylation is 1. The van der Waals surface area contributed by atoms with Gasteiger partial charge in [0.25, 0.3) is 5.91 Å². The molecule has 4 rings (SSSR count). The van der Waals surface area contributed by atoms with Gasteiger partial charge in [0.1, 0.15) is 0 Å². The van der Waals surface area contributed by atoms with Crippen molar-refractivity contribution in [1.82, 2.24) is 15.2 Å². The molecule has 0 aliphatic carbocycles. The highest BCUT2D eigenvalue weighted by molar-refractivity contribution is 7.09. The molecule has 1 N–H and O–H groups in total. The topological polar surface area (TPSA) is 45.2 Å². The maximum Gasteiger partial charge on any atom is 0.416 e. The number of amides is 1. The summed E-state index contributed by atoms with van der Waals surface area (Å²) in [5.74, 6) is 0.0908. The Hall–Kier alpha value is -2.71. The number of alkyl halides is 3. The summed E-state index contributed by atoms with van der Waals surface area (Å²) in [6.45, 7) is 4.74. The van der Waals surface area contributed by atoms with Gasteiger partial charge < -0.3 is 5.32 Å². The molecule has 0 atom stereocenters. The van der Waals surface area contributed by atoms with Crippen LogP contribution in [0.5, 0.6) is 0 Å². The molecule has 0 bridgehead atoms. The van der Waals surface area contributed by atoms with E-state index in [1.807, 2.05) is 30.5 Å². The first-order valence-corrected chi connectivity index (χ1v) is 12.3. The number of hydrogen-bond donors (Lipinski definition) is 1. The van der Waals surface area contributed by atoms with Gasteiger partial charge in [0, 0.05) is 29.6 Å². The predicted molar refractivity (Wildman–Crippen MR) is 128 cm³/mol. The number of thiophene rings is 1. The quantitative estimate of drug-likeness (QED) is 0.457. The summed E-state index contributed by atoms with van der Waals surface area (Å²) in [4.78, 5) is 21.1. The van der Waals surface area contributed by atoms with E-state index in [1.165, 1.54) is 4.88 Å². The van der Waals surface area contributed by atoms with Crippen molar-refractivity contribution in [1.29, 1.82) is 0 Å². The molecule has 3 heterocycles. The standard InChI is InChI=1S/C26H28F3N3OS/c1-18-4-9-23(25(33)30-13-10-22-3-2-16-34-22)24(31-18)20-11-14-32(15-12-20)17-19-5-7-21(8-6-19)26(27,28)29/h2-9,16,20H,10-15,17H2,1H3,(H,30,33). The molecule has 1 amide bonds. The van der Waals surface area contributed by atoms with Crippen LogP contribution in [-0.2, 0) is 19.1 Å². The Morgan fingerprint density at radius 3 is 2.50 bits per heavy atom. The lowest BCUT2D eigenvalue weighted by Crippen LogP contribution is -2.34. The summed E-state index contributed by atoms with van der Waals surface area (Å²) in [5, 5.41) is 5.06. The number of aromatic nitrogens is 1. The number of hydrogen-bond acceptors (Lipinski definition) is 4. The smallest absolute Gasteiger partial charge is 0.352 e. The molecule has 3 aromatic rings. The normalized spacial score (nSPS) is 15.4. The van der Waals surface area contributed by atoms with Crippen molar-refractivity contribution in [3.63, 3.8) is 0 Å². The van der Waals surface area contributed by atoms with Gasteiger partial charge in [-0.2, -0.15) is 13.2 Å². The lowest BCUT2D eigenvalue weighted by molar-refractivity contribution is -0.137. The Bertz CT molecular complexity index is 1090. The maximum atomic E-state index is 12.9. The van der Waals surface area contributed by atoms with Crippen molar-refractivity contribution < 1.29 is 18.0 Å². The van der Waals surface area contributed by atoms with Gasteiger partial charge in [-0.25, -0.2) is 0 Å². The number of carbonyl (C=O) groups excluding carboxylic acids is 1. The number of nitrogens with one attached hydrogen (secondary N) is 1.